The molecule has 2 unspecified atom stereocenters. The first-order valence-corrected chi connectivity index (χ1v) is 7.55. The fourth-order valence-corrected chi connectivity index (χ4v) is 3.11. The molecule has 0 bridgehead atoms. The highest BCUT2D eigenvalue weighted by Crippen LogP contribution is 2.20. The molecule has 0 aliphatic carbocycles. The van der Waals surface area contributed by atoms with Crippen LogP contribution in [0.15, 0.2) is 0 Å². The Morgan fingerprint density at radius 3 is 2.68 bits per heavy atom. The minimum atomic E-state index is -3.48. The third kappa shape index (κ3) is 3.94. The zero-order valence-electron chi connectivity index (χ0n) is 10.5. The smallest absolute Gasteiger partial charge is 0.327 e. The molecule has 1 saturated heterocycles. The second kappa shape index (κ2) is 6.04. The highest BCUT2D eigenvalue weighted by Gasteiger charge is 2.37. The first-order chi connectivity index (χ1) is 8.77. The summed E-state index contributed by atoms with van der Waals surface area (Å²) in [6.07, 6.45) is 6.84. The molecule has 1 fully saturated rings. The van der Waals surface area contributed by atoms with Crippen LogP contribution in [-0.2, 0) is 19.6 Å². The van der Waals surface area contributed by atoms with Crippen molar-refractivity contribution in [1.82, 2.24) is 9.62 Å². The van der Waals surface area contributed by atoms with Crippen molar-refractivity contribution in [2.45, 2.75) is 31.3 Å². The molecular weight excluding hydrogens is 272 g/mol. The second-order valence-corrected chi connectivity index (χ2v) is 6.27. The zero-order valence-corrected chi connectivity index (χ0v) is 11.3. The molecule has 7 nitrogen and oxygen atoms in total. The summed E-state index contributed by atoms with van der Waals surface area (Å²) >= 11 is 0. The highest BCUT2D eigenvalue weighted by molar-refractivity contribution is 7.88. The Kier molecular flexibility index (Phi) is 4.91. The number of hydrogen-bond acceptors (Lipinski definition) is 4. The molecule has 2 atom stereocenters. The zero-order chi connectivity index (χ0) is 14.6. The standard InChI is InChI=1S/C11H16N2O5S/c1-3-5-8(11(15)16)12-10(14)9-6-4-7-13(9)19(2,17)18/h1,8-9H,4-7H2,2H3,(H,12,14)(H,15,16). The summed E-state index contributed by atoms with van der Waals surface area (Å²) in [5, 5.41) is 11.2. The van der Waals surface area contributed by atoms with E-state index in [1.165, 1.54) is 0 Å². The molecule has 0 aromatic heterocycles. The summed E-state index contributed by atoms with van der Waals surface area (Å²) in [5.41, 5.74) is 0. The Balaban J connectivity index is 2.77. The van der Waals surface area contributed by atoms with E-state index in [0.29, 0.717) is 12.8 Å². The van der Waals surface area contributed by atoms with E-state index in [0.717, 1.165) is 10.6 Å². The van der Waals surface area contributed by atoms with E-state index in [-0.39, 0.29) is 13.0 Å². The van der Waals surface area contributed by atoms with Crippen LogP contribution in [-0.4, -0.2) is 54.6 Å². The Morgan fingerprint density at radius 1 is 1.58 bits per heavy atom. The first-order valence-electron chi connectivity index (χ1n) is 5.71. The largest absolute Gasteiger partial charge is 0.480 e. The van der Waals surface area contributed by atoms with E-state index in [4.69, 9.17) is 11.5 Å². The molecule has 19 heavy (non-hydrogen) atoms. The third-order valence-electron chi connectivity index (χ3n) is 2.87. The molecular formula is C11H16N2O5S. The molecule has 2 N–H and O–H groups in total. The van der Waals surface area contributed by atoms with Gasteiger partial charge in [0, 0.05) is 13.0 Å². The van der Waals surface area contributed by atoms with Crippen molar-refractivity contribution in [2.24, 2.45) is 0 Å². The lowest BCUT2D eigenvalue weighted by Crippen LogP contribution is -2.50. The number of sulfonamides is 1. The number of carboxylic acids is 1. The highest BCUT2D eigenvalue weighted by atomic mass is 32.2. The van der Waals surface area contributed by atoms with Crippen molar-refractivity contribution in [3.8, 4) is 12.3 Å². The van der Waals surface area contributed by atoms with Gasteiger partial charge in [-0.1, -0.05) is 0 Å². The molecule has 0 spiro atoms. The predicted octanol–water partition coefficient (Wildman–Crippen LogP) is -0.997. The number of hydrogen-bond donors (Lipinski definition) is 2. The number of nitrogens with zero attached hydrogens (tertiary/aromatic N) is 1. The van der Waals surface area contributed by atoms with Gasteiger partial charge < -0.3 is 10.4 Å². The first kappa shape index (κ1) is 15.5. The van der Waals surface area contributed by atoms with Gasteiger partial charge in [0.1, 0.15) is 12.1 Å². The Bertz CT molecular complexity index is 508. The van der Waals surface area contributed by atoms with Gasteiger partial charge in [0.05, 0.1) is 6.26 Å². The van der Waals surface area contributed by atoms with E-state index >= 15 is 0 Å². The van der Waals surface area contributed by atoms with Crippen LogP contribution < -0.4 is 5.32 Å². The molecule has 0 aromatic rings. The van der Waals surface area contributed by atoms with E-state index in [2.05, 4.69) is 11.2 Å². The van der Waals surface area contributed by atoms with Gasteiger partial charge in [-0.25, -0.2) is 13.2 Å². The Labute approximate surface area is 112 Å². The van der Waals surface area contributed by atoms with Crippen LogP contribution >= 0.6 is 0 Å². The molecule has 8 heteroatoms. The van der Waals surface area contributed by atoms with Crippen molar-refractivity contribution in [1.29, 1.82) is 0 Å². The van der Waals surface area contributed by atoms with Crippen LogP contribution in [0, 0.1) is 12.3 Å². The number of carbonyl (C=O) groups excluding carboxylic acids is 1. The molecule has 1 heterocycles. The summed E-state index contributed by atoms with van der Waals surface area (Å²) in [6, 6.07) is -2.05. The summed E-state index contributed by atoms with van der Waals surface area (Å²) in [5.74, 6) is 0.299. The summed E-state index contributed by atoms with van der Waals surface area (Å²) < 4.78 is 24.1. The van der Waals surface area contributed by atoms with E-state index in [1.54, 1.807) is 0 Å². The predicted molar refractivity (Wildman–Crippen MR) is 67.6 cm³/mol. The van der Waals surface area contributed by atoms with Gasteiger partial charge in [-0.2, -0.15) is 4.31 Å². The average molecular weight is 288 g/mol. The van der Waals surface area contributed by atoms with Crippen molar-refractivity contribution in [3.05, 3.63) is 0 Å². The lowest BCUT2D eigenvalue weighted by molar-refractivity contribution is -0.142. The number of amides is 1. The number of carbonyl (C=O) groups is 2. The van der Waals surface area contributed by atoms with E-state index in [9.17, 15) is 18.0 Å². The molecule has 0 radical (unpaired) electrons. The van der Waals surface area contributed by atoms with Crippen LogP contribution in [0.2, 0.25) is 0 Å². The SMILES string of the molecule is C#CCC(NC(=O)C1CCCN1S(C)(=O)=O)C(=O)O. The van der Waals surface area contributed by atoms with Crippen LogP contribution in [0.4, 0.5) is 0 Å². The van der Waals surface area contributed by atoms with Gasteiger partial charge in [0.2, 0.25) is 15.9 Å². The topological polar surface area (TPSA) is 104 Å². The Hall–Kier alpha value is -1.59. The number of aliphatic carboxylic acids is 1. The van der Waals surface area contributed by atoms with Crippen molar-refractivity contribution in [2.75, 3.05) is 12.8 Å². The number of terminal acetylenes is 1. The lowest BCUT2D eigenvalue weighted by Gasteiger charge is -2.22. The van der Waals surface area contributed by atoms with Gasteiger partial charge in [-0.05, 0) is 12.8 Å². The quantitative estimate of drug-likeness (QED) is 0.632. The van der Waals surface area contributed by atoms with Gasteiger partial charge in [-0.3, -0.25) is 4.79 Å². The van der Waals surface area contributed by atoms with Crippen LogP contribution in [0.25, 0.3) is 0 Å². The van der Waals surface area contributed by atoms with Crippen LogP contribution in [0.5, 0.6) is 0 Å². The van der Waals surface area contributed by atoms with Crippen LogP contribution in [0.3, 0.4) is 0 Å². The monoisotopic (exact) mass is 288 g/mol. The van der Waals surface area contributed by atoms with Gasteiger partial charge >= 0.3 is 5.97 Å². The summed E-state index contributed by atoms with van der Waals surface area (Å²) in [6.45, 7) is 0.268. The maximum Gasteiger partial charge on any atom is 0.327 e. The molecule has 1 amide bonds. The minimum Gasteiger partial charge on any atom is -0.480 e. The van der Waals surface area contributed by atoms with E-state index in [1.807, 2.05) is 0 Å². The maximum atomic E-state index is 11.9. The maximum absolute atomic E-state index is 11.9. The van der Waals surface area contributed by atoms with Gasteiger partial charge in [-0.15, -0.1) is 12.3 Å². The van der Waals surface area contributed by atoms with Crippen molar-refractivity contribution < 1.29 is 23.1 Å². The second-order valence-electron chi connectivity index (χ2n) is 4.34. The fraction of sp³-hybridized carbons (Fsp3) is 0.636. The van der Waals surface area contributed by atoms with Gasteiger partial charge in [0.25, 0.3) is 0 Å². The van der Waals surface area contributed by atoms with Crippen molar-refractivity contribution in [3.63, 3.8) is 0 Å². The molecule has 1 aliphatic rings. The molecule has 0 saturated carbocycles. The molecule has 1 rings (SSSR count). The molecule has 0 aromatic carbocycles. The normalized spacial score (nSPS) is 21.6. The number of carboxylic acid groups (broad SMARTS) is 1. The van der Waals surface area contributed by atoms with Crippen molar-refractivity contribution >= 4 is 21.9 Å². The average Bonchev–Trinajstić information content (AvgIpc) is 2.76. The van der Waals surface area contributed by atoms with Crippen LogP contribution in [0.1, 0.15) is 19.3 Å². The van der Waals surface area contributed by atoms with Gasteiger partial charge in [0.15, 0.2) is 0 Å². The van der Waals surface area contributed by atoms with E-state index < -0.39 is 34.0 Å². The molecule has 1 aliphatic heterocycles. The fourth-order valence-electron chi connectivity index (χ4n) is 1.98. The summed E-state index contributed by atoms with van der Waals surface area (Å²) in [7, 11) is -3.48. The summed E-state index contributed by atoms with van der Waals surface area (Å²) in [4.78, 5) is 22.8. The lowest BCUT2D eigenvalue weighted by atomic mass is 10.1. The third-order valence-corrected chi connectivity index (χ3v) is 4.16. The number of nitrogens with one attached hydrogen (secondary N) is 1. The molecule has 106 valence electrons. The minimum absolute atomic E-state index is 0.146. The number of rotatable bonds is 5. The Morgan fingerprint density at radius 2 is 2.21 bits per heavy atom.